The number of anilines is 1. The maximum absolute atomic E-state index is 14.5. The monoisotopic (exact) mass is 371 g/mol. The average Bonchev–Trinajstić information content (AvgIpc) is 2.72. The van der Waals surface area contributed by atoms with Gasteiger partial charge in [0.25, 0.3) is 5.91 Å². The first-order valence-electron chi connectivity index (χ1n) is 8.90. The third-order valence-electron chi connectivity index (χ3n) is 4.45. The molecular weight excluding hydrogens is 349 g/mol. The fourth-order valence-electron chi connectivity index (χ4n) is 3.32. The molecule has 0 aliphatic carbocycles. The van der Waals surface area contributed by atoms with E-state index in [1.54, 1.807) is 47.4 Å². The second-order valence-corrected chi connectivity index (χ2v) is 7.03. The summed E-state index contributed by atoms with van der Waals surface area (Å²) in [5, 5.41) is 9.25. The zero-order valence-electron chi connectivity index (χ0n) is 15.3. The summed E-state index contributed by atoms with van der Waals surface area (Å²) in [6, 6.07) is 13.4. The number of ether oxygens (including phenoxy) is 1. The number of carboxylic acids is 1. The van der Waals surface area contributed by atoms with E-state index >= 15 is 0 Å². The van der Waals surface area contributed by atoms with Crippen LogP contribution in [0.2, 0.25) is 0 Å². The number of carboxylic acid groups (broad SMARTS) is 1. The van der Waals surface area contributed by atoms with Gasteiger partial charge in [0, 0.05) is 23.4 Å². The number of aliphatic carboxylic acids is 1. The van der Waals surface area contributed by atoms with Gasteiger partial charge in [0.1, 0.15) is 18.0 Å². The van der Waals surface area contributed by atoms with Crippen molar-refractivity contribution in [3.05, 3.63) is 65.5 Å². The fraction of sp³-hybridized carbons (Fsp3) is 0.333. The van der Waals surface area contributed by atoms with E-state index in [1.807, 2.05) is 13.8 Å². The number of halogens is 1. The number of rotatable bonds is 5. The Morgan fingerprint density at radius 1 is 1.15 bits per heavy atom. The highest BCUT2D eigenvalue weighted by Crippen LogP contribution is 2.39. The van der Waals surface area contributed by atoms with E-state index in [9.17, 15) is 19.1 Å². The first kappa shape index (κ1) is 19.0. The molecule has 1 aliphatic rings. The van der Waals surface area contributed by atoms with Crippen LogP contribution in [0, 0.1) is 11.7 Å². The molecule has 1 aliphatic heterocycles. The van der Waals surface area contributed by atoms with Gasteiger partial charge in [-0.25, -0.2) is 4.39 Å². The first-order chi connectivity index (χ1) is 12.9. The minimum absolute atomic E-state index is 0.164. The number of para-hydroxylation sites is 1. The molecular formula is C21H22FNO4. The number of nitrogens with zero attached hydrogens (tertiary/aromatic N) is 1. The Bertz CT molecular complexity index is 852. The molecule has 1 amide bonds. The SMILES string of the molecule is CC(C)CN1C(=O)[C@@H](CC(=O)O)O[C@H](c2ccccc2F)c2ccccc21. The van der Waals surface area contributed by atoms with Crippen molar-refractivity contribution in [1.82, 2.24) is 0 Å². The molecule has 2 aromatic carbocycles. The second-order valence-electron chi connectivity index (χ2n) is 7.03. The Hall–Kier alpha value is -2.73. The van der Waals surface area contributed by atoms with Crippen molar-refractivity contribution in [2.24, 2.45) is 5.92 Å². The molecule has 0 aromatic heterocycles. The molecule has 0 radical (unpaired) electrons. The minimum atomic E-state index is -1.20. The number of hydrogen-bond acceptors (Lipinski definition) is 3. The van der Waals surface area contributed by atoms with Crippen molar-refractivity contribution in [1.29, 1.82) is 0 Å². The number of benzene rings is 2. The van der Waals surface area contributed by atoms with Crippen LogP contribution in [-0.4, -0.2) is 29.6 Å². The summed E-state index contributed by atoms with van der Waals surface area (Å²) in [5.74, 6) is -1.86. The fourth-order valence-corrected chi connectivity index (χ4v) is 3.32. The Labute approximate surface area is 157 Å². The smallest absolute Gasteiger partial charge is 0.306 e. The molecule has 1 N–H and O–H groups in total. The van der Waals surface area contributed by atoms with Crippen LogP contribution >= 0.6 is 0 Å². The molecule has 0 saturated heterocycles. The van der Waals surface area contributed by atoms with E-state index in [1.165, 1.54) is 6.07 Å². The molecule has 1 heterocycles. The number of hydrogen-bond donors (Lipinski definition) is 1. The van der Waals surface area contributed by atoms with Gasteiger partial charge in [0.2, 0.25) is 0 Å². The van der Waals surface area contributed by atoms with Gasteiger partial charge in [-0.2, -0.15) is 0 Å². The quantitative estimate of drug-likeness (QED) is 0.869. The number of carbonyl (C=O) groups is 2. The first-order valence-corrected chi connectivity index (χ1v) is 8.90. The molecule has 5 nitrogen and oxygen atoms in total. The molecule has 0 unspecified atom stereocenters. The van der Waals surface area contributed by atoms with Gasteiger partial charge in [0.15, 0.2) is 0 Å². The number of fused-ring (bicyclic) bond motifs is 1. The molecule has 2 aromatic rings. The standard InChI is InChI=1S/C21H22FNO4/c1-13(2)12-23-17-10-6-4-8-15(17)20(14-7-3-5-9-16(14)22)27-18(21(23)26)11-19(24)25/h3-10,13,18,20H,11-12H2,1-2H3,(H,24,25)/t18-,20-/m1/s1. The van der Waals surface area contributed by atoms with E-state index < -0.39 is 36.3 Å². The Morgan fingerprint density at radius 2 is 1.78 bits per heavy atom. The highest BCUT2D eigenvalue weighted by Gasteiger charge is 2.38. The Morgan fingerprint density at radius 3 is 2.41 bits per heavy atom. The highest BCUT2D eigenvalue weighted by molar-refractivity contribution is 5.99. The maximum Gasteiger partial charge on any atom is 0.306 e. The molecule has 3 rings (SSSR count). The van der Waals surface area contributed by atoms with Crippen molar-refractivity contribution in [2.45, 2.75) is 32.5 Å². The highest BCUT2D eigenvalue weighted by atomic mass is 19.1. The number of amides is 1. The summed E-state index contributed by atoms with van der Waals surface area (Å²) in [7, 11) is 0. The molecule has 0 saturated carbocycles. The topological polar surface area (TPSA) is 66.8 Å². The zero-order valence-corrected chi connectivity index (χ0v) is 15.3. The zero-order chi connectivity index (χ0) is 19.6. The Kier molecular flexibility index (Phi) is 5.56. The van der Waals surface area contributed by atoms with Crippen molar-refractivity contribution in [3.63, 3.8) is 0 Å². The third-order valence-corrected chi connectivity index (χ3v) is 4.45. The van der Waals surface area contributed by atoms with Gasteiger partial charge in [0.05, 0.1) is 6.42 Å². The van der Waals surface area contributed by atoms with Gasteiger partial charge < -0.3 is 14.7 Å². The van der Waals surface area contributed by atoms with Crippen LogP contribution in [0.5, 0.6) is 0 Å². The largest absolute Gasteiger partial charge is 0.481 e. The summed E-state index contributed by atoms with van der Waals surface area (Å²) >= 11 is 0. The number of carbonyl (C=O) groups excluding carboxylic acids is 1. The van der Waals surface area contributed by atoms with E-state index in [4.69, 9.17) is 4.74 Å². The minimum Gasteiger partial charge on any atom is -0.481 e. The van der Waals surface area contributed by atoms with Crippen LogP contribution in [0.4, 0.5) is 10.1 Å². The summed E-state index contributed by atoms with van der Waals surface area (Å²) in [6.45, 7) is 4.36. The molecule has 0 bridgehead atoms. The lowest BCUT2D eigenvalue weighted by Gasteiger charge is -2.26. The van der Waals surface area contributed by atoms with Crippen LogP contribution in [0.3, 0.4) is 0 Å². The Balaban J connectivity index is 2.16. The van der Waals surface area contributed by atoms with Crippen LogP contribution < -0.4 is 4.90 Å². The predicted octanol–water partition coefficient (Wildman–Crippen LogP) is 3.78. The van der Waals surface area contributed by atoms with Gasteiger partial charge >= 0.3 is 5.97 Å². The summed E-state index contributed by atoms with van der Waals surface area (Å²) < 4.78 is 20.4. The van der Waals surface area contributed by atoms with Crippen molar-refractivity contribution in [2.75, 3.05) is 11.4 Å². The van der Waals surface area contributed by atoms with Gasteiger partial charge in [-0.1, -0.05) is 50.2 Å². The van der Waals surface area contributed by atoms with Crippen LogP contribution in [0.25, 0.3) is 0 Å². The summed E-state index contributed by atoms with van der Waals surface area (Å²) in [6.07, 6.45) is -2.54. The summed E-state index contributed by atoms with van der Waals surface area (Å²) in [4.78, 5) is 26.0. The molecule has 0 fully saturated rings. The van der Waals surface area contributed by atoms with Gasteiger partial charge in [-0.3, -0.25) is 9.59 Å². The lowest BCUT2D eigenvalue weighted by atomic mass is 9.98. The van der Waals surface area contributed by atoms with Gasteiger partial charge in [-0.05, 0) is 18.1 Å². The average molecular weight is 371 g/mol. The summed E-state index contributed by atoms with van der Waals surface area (Å²) in [5.41, 5.74) is 1.54. The van der Waals surface area contributed by atoms with Crippen LogP contribution in [0.15, 0.2) is 48.5 Å². The molecule has 6 heteroatoms. The van der Waals surface area contributed by atoms with E-state index in [0.29, 0.717) is 17.8 Å². The lowest BCUT2D eigenvalue weighted by Crippen LogP contribution is -2.42. The van der Waals surface area contributed by atoms with Crippen molar-refractivity contribution >= 4 is 17.6 Å². The van der Waals surface area contributed by atoms with Crippen molar-refractivity contribution < 1.29 is 23.8 Å². The van der Waals surface area contributed by atoms with Crippen LogP contribution in [-0.2, 0) is 14.3 Å². The predicted molar refractivity (Wildman–Crippen MR) is 99.0 cm³/mol. The second kappa shape index (κ2) is 7.88. The lowest BCUT2D eigenvalue weighted by molar-refractivity contribution is -0.147. The van der Waals surface area contributed by atoms with Crippen molar-refractivity contribution in [3.8, 4) is 0 Å². The van der Waals surface area contributed by atoms with E-state index in [0.717, 1.165) is 0 Å². The molecule has 2 atom stereocenters. The molecule has 27 heavy (non-hydrogen) atoms. The molecule has 0 spiro atoms. The third kappa shape index (κ3) is 4.01. The van der Waals surface area contributed by atoms with E-state index in [-0.39, 0.29) is 11.5 Å². The maximum atomic E-state index is 14.5. The van der Waals surface area contributed by atoms with Gasteiger partial charge in [-0.15, -0.1) is 0 Å². The van der Waals surface area contributed by atoms with Crippen LogP contribution in [0.1, 0.15) is 37.5 Å². The van der Waals surface area contributed by atoms with E-state index in [2.05, 4.69) is 0 Å². The normalized spacial score (nSPS) is 19.7. The molecule has 142 valence electrons.